The van der Waals surface area contributed by atoms with E-state index in [1.165, 1.54) is 12.0 Å². The van der Waals surface area contributed by atoms with Gasteiger partial charge in [-0.3, -0.25) is 9.69 Å². The summed E-state index contributed by atoms with van der Waals surface area (Å²) in [6, 6.07) is 14.8. The number of alkyl halides is 6. The standard InChI is InChI=1S/C31H27F6N3O3/c1-43-29(42)20-8-6-19(7-9-20)17-39-10-11-40(25(18-39)14-22-16-38-27-5-3-2-4-26(22)27)28(41)21-12-23(30(32,33)34)15-24(13-21)31(35,36)37/h2-9,12-13,15-16,25,38H,10-11,14,17-18H2,1H3/t25-/m1/s1. The number of hydrogen-bond donors (Lipinski definition) is 1. The second-order valence-electron chi connectivity index (χ2n) is 10.4. The van der Waals surface area contributed by atoms with Crippen molar-refractivity contribution in [3.63, 3.8) is 0 Å². The molecule has 1 N–H and O–H groups in total. The maximum absolute atomic E-state index is 13.7. The van der Waals surface area contributed by atoms with Crippen LogP contribution in [0.5, 0.6) is 0 Å². The van der Waals surface area contributed by atoms with Gasteiger partial charge in [0.2, 0.25) is 0 Å². The van der Waals surface area contributed by atoms with E-state index in [9.17, 15) is 35.9 Å². The number of H-pyrrole nitrogens is 1. The van der Waals surface area contributed by atoms with Crippen molar-refractivity contribution in [3.8, 4) is 0 Å². The van der Waals surface area contributed by atoms with Crippen LogP contribution < -0.4 is 0 Å². The van der Waals surface area contributed by atoms with Gasteiger partial charge in [-0.15, -0.1) is 0 Å². The number of benzene rings is 3. The molecule has 1 amide bonds. The Balaban J connectivity index is 1.45. The molecule has 6 nitrogen and oxygen atoms in total. The Morgan fingerprint density at radius 2 is 1.53 bits per heavy atom. The zero-order valence-electron chi connectivity index (χ0n) is 22.9. The molecule has 1 atom stereocenters. The second kappa shape index (κ2) is 11.8. The Morgan fingerprint density at radius 1 is 0.884 bits per heavy atom. The summed E-state index contributed by atoms with van der Waals surface area (Å²) in [5.41, 5.74) is -0.744. The molecule has 0 aliphatic carbocycles. The van der Waals surface area contributed by atoms with Gasteiger partial charge in [0.15, 0.2) is 0 Å². The van der Waals surface area contributed by atoms with Crippen molar-refractivity contribution in [3.05, 3.63) is 106 Å². The molecule has 0 unspecified atom stereocenters. The van der Waals surface area contributed by atoms with E-state index in [-0.39, 0.29) is 12.6 Å². The Labute approximate surface area is 242 Å². The fourth-order valence-corrected chi connectivity index (χ4v) is 5.43. The van der Waals surface area contributed by atoms with Crippen molar-refractivity contribution in [2.45, 2.75) is 31.4 Å². The molecule has 0 spiro atoms. The molecule has 4 aromatic rings. The van der Waals surface area contributed by atoms with Gasteiger partial charge in [0.25, 0.3) is 5.91 Å². The monoisotopic (exact) mass is 603 g/mol. The Kier molecular flexibility index (Phi) is 8.24. The molecule has 3 aromatic carbocycles. The van der Waals surface area contributed by atoms with Crippen LogP contribution in [0, 0.1) is 0 Å². The maximum atomic E-state index is 13.7. The number of aromatic amines is 1. The first-order chi connectivity index (χ1) is 20.3. The molecule has 1 fully saturated rings. The van der Waals surface area contributed by atoms with Crippen LogP contribution in [0.25, 0.3) is 10.9 Å². The molecule has 12 heteroatoms. The van der Waals surface area contributed by atoms with Crippen LogP contribution in [0.4, 0.5) is 26.3 Å². The topological polar surface area (TPSA) is 65.6 Å². The van der Waals surface area contributed by atoms with Gasteiger partial charge in [0, 0.05) is 54.9 Å². The normalized spacial score (nSPS) is 16.4. The van der Waals surface area contributed by atoms with Crippen LogP contribution in [0.15, 0.2) is 72.9 Å². The predicted octanol–water partition coefficient (Wildman–Crippen LogP) is 6.56. The third-order valence-electron chi connectivity index (χ3n) is 7.57. The Bertz CT molecular complexity index is 1600. The van der Waals surface area contributed by atoms with Gasteiger partial charge in [-0.05, 0) is 53.9 Å². The molecule has 1 aromatic heterocycles. The highest BCUT2D eigenvalue weighted by atomic mass is 19.4. The van der Waals surface area contributed by atoms with E-state index in [0.29, 0.717) is 43.8 Å². The smallest absolute Gasteiger partial charge is 0.416 e. The summed E-state index contributed by atoms with van der Waals surface area (Å²) >= 11 is 0. The molecule has 1 saturated heterocycles. The third-order valence-corrected chi connectivity index (χ3v) is 7.57. The molecule has 0 radical (unpaired) electrons. The zero-order chi connectivity index (χ0) is 30.9. The van der Waals surface area contributed by atoms with Crippen molar-refractivity contribution >= 4 is 22.8 Å². The van der Waals surface area contributed by atoms with E-state index in [4.69, 9.17) is 4.74 Å². The van der Waals surface area contributed by atoms with E-state index < -0.39 is 47.0 Å². The second-order valence-corrected chi connectivity index (χ2v) is 10.4. The van der Waals surface area contributed by atoms with Crippen LogP contribution in [0.3, 0.4) is 0 Å². The number of rotatable bonds is 6. The molecule has 226 valence electrons. The molecule has 1 aliphatic rings. The van der Waals surface area contributed by atoms with Crippen LogP contribution in [0.1, 0.15) is 43.0 Å². The average Bonchev–Trinajstić information content (AvgIpc) is 3.38. The van der Waals surface area contributed by atoms with Crippen molar-refractivity contribution in [2.75, 3.05) is 26.7 Å². The number of carbonyl (C=O) groups is 2. The first kappa shape index (κ1) is 30.1. The maximum Gasteiger partial charge on any atom is 0.416 e. The minimum absolute atomic E-state index is 0.0175. The molecular weight excluding hydrogens is 576 g/mol. The summed E-state index contributed by atoms with van der Waals surface area (Å²) in [7, 11) is 1.29. The molecular formula is C31H27F6N3O3. The highest BCUT2D eigenvalue weighted by molar-refractivity contribution is 5.95. The van der Waals surface area contributed by atoms with E-state index >= 15 is 0 Å². The number of ether oxygens (including phenoxy) is 1. The summed E-state index contributed by atoms with van der Waals surface area (Å²) < 4.78 is 86.0. The van der Waals surface area contributed by atoms with Gasteiger partial charge in [0.05, 0.1) is 23.8 Å². The third kappa shape index (κ3) is 6.69. The van der Waals surface area contributed by atoms with Gasteiger partial charge in [-0.2, -0.15) is 26.3 Å². The number of hydrogen-bond acceptors (Lipinski definition) is 4. The van der Waals surface area contributed by atoms with Crippen LogP contribution in [0.2, 0.25) is 0 Å². The number of esters is 1. The van der Waals surface area contributed by atoms with Gasteiger partial charge < -0.3 is 14.6 Å². The van der Waals surface area contributed by atoms with Gasteiger partial charge >= 0.3 is 18.3 Å². The zero-order valence-corrected chi connectivity index (χ0v) is 22.9. The number of methoxy groups -OCH3 is 1. The van der Waals surface area contributed by atoms with Crippen molar-refractivity contribution in [1.29, 1.82) is 0 Å². The molecule has 0 saturated carbocycles. The van der Waals surface area contributed by atoms with E-state index in [2.05, 4.69) is 9.88 Å². The number of fused-ring (bicyclic) bond motifs is 1. The van der Waals surface area contributed by atoms with Gasteiger partial charge in [-0.25, -0.2) is 4.79 Å². The van der Waals surface area contributed by atoms with Crippen molar-refractivity contribution in [2.24, 2.45) is 0 Å². The van der Waals surface area contributed by atoms with Gasteiger partial charge in [-0.1, -0.05) is 30.3 Å². The number of para-hydroxylation sites is 1. The van der Waals surface area contributed by atoms with Crippen LogP contribution in [-0.4, -0.2) is 59.4 Å². The number of piperazine rings is 1. The average molecular weight is 604 g/mol. The minimum Gasteiger partial charge on any atom is -0.465 e. The lowest BCUT2D eigenvalue weighted by Crippen LogP contribution is -2.55. The summed E-state index contributed by atoms with van der Waals surface area (Å²) in [6.07, 6.45) is -8.02. The number of halogens is 6. The molecule has 5 rings (SSSR count). The lowest BCUT2D eigenvalue weighted by Gasteiger charge is -2.42. The summed E-state index contributed by atoms with van der Waals surface area (Å²) in [5, 5.41) is 0.906. The number of aromatic nitrogens is 1. The fourth-order valence-electron chi connectivity index (χ4n) is 5.43. The summed E-state index contributed by atoms with van der Waals surface area (Å²) in [6.45, 7) is 1.19. The van der Waals surface area contributed by atoms with Crippen LogP contribution in [-0.2, 0) is 30.1 Å². The van der Waals surface area contributed by atoms with E-state index in [1.54, 1.807) is 30.5 Å². The summed E-state index contributed by atoms with van der Waals surface area (Å²) in [5.74, 6) is -1.37. The number of nitrogens with zero attached hydrogens (tertiary/aromatic N) is 2. The highest BCUT2D eigenvalue weighted by Gasteiger charge is 2.39. The predicted molar refractivity (Wildman–Crippen MR) is 146 cm³/mol. The van der Waals surface area contributed by atoms with E-state index in [1.807, 2.05) is 24.3 Å². The fraction of sp³-hybridized carbons (Fsp3) is 0.290. The molecule has 43 heavy (non-hydrogen) atoms. The minimum atomic E-state index is -5.07. The lowest BCUT2D eigenvalue weighted by molar-refractivity contribution is -0.143. The molecule has 2 heterocycles. The SMILES string of the molecule is COC(=O)c1ccc(CN2CCN(C(=O)c3cc(C(F)(F)F)cc(C(F)(F)F)c3)[C@H](Cc3c[nH]c4ccccc34)C2)cc1. The quantitative estimate of drug-likeness (QED) is 0.200. The van der Waals surface area contributed by atoms with Crippen molar-refractivity contribution < 1.29 is 40.7 Å². The molecule has 1 aliphatic heterocycles. The molecule has 0 bridgehead atoms. The Morgan fingerprint density at radius 3 is 2.16 bits per heavy atom. The first-order valence-corrected chi connectivity index (χ1v) is 13.4. The van der Waals surface area contributed by atoms with E-state index in [0.717, 1.165) is 22.0 Å². The van der Waals surface area contributed by atoms with Gasteiger partial charge in [0.1, 0.15) is 0 Å². The number of amides is 1. The largest absolute Gasteiger partial charge is 0.465 e. The highest BCUT2D eigenvalue weighted by Crippen LogP contribution is 2.37. The number of carbonyl (C=O) groups excluding carboxylic acids is 2. The number of nitrogens with one attached hydrogen (secondary N) is 1. The lowest BCUT2D eigenvalue weighted by atomic mass is 9.98. The van der Waals surface area contributed by atoms with Crippen LogP contribution >= 0.6 is 0 Å². The first-order valence-electron chi connectivity index (χ1n) is 13.4. The summed E-state index contributed by atoms with van der Waals surface area (Å²) in [4.78, 5) is 32.0. The van der Waals surface area contributed by atoms with Crippen molar-refractivity contribution in [1.82, 2.24) is 14.8 Å². The Hall–Kier alpha value is -4.32.